The van der Waals surface area contributed by atoms with Crippen LogP contribution < -0.4 is 0 Å². The van der Waals surface area contributed by atoms with Gasteiger partial charge in [0.1, 0.15) is 5.52 Å². The lowest BCUT2D eigenvalue weighted by Gasteiger charge is -2.07. The van der Waals surface area contributed by atoms with E-state index < -0.39 is 24.2 Å². The van der Waals surface area contributed by atoms with Crippen molar-refractivity contribution >= 4 is 23.3 Å². The first-order valence-electron chi connectivity index (χ1n) is 5.93. The maximum absolute atomic E-state index is 13.7. The van der Waals surface area contributed by atoms with Crippen LogP contribution in [0.25, 0.3) is 11.0 Å². The van der Waals surface area contributed by atoms with Gasteiger partial charge in [-0.15, -0.1) is 0 Å². The molecule has 0 fully saturated rings. The van der Waals surface area contributed by atoms with E-state index >= 15 is 0 Å². The molecule has 1 heterocycles. The van der Waals surface area contributed by atoms with Crippen LogP contribution in [0.1, 0.15) is 19.3 Å². The summed E-state index contributed by atoms with van der Waals surface area (Å²) in [7, 11) is 0. The van der Waals surface area contributed by atoms with Gasteiger partial charge in [-0.2, -0.15) is 13.2 Å². The van der Waals surface area contributed by atoms with Gasteiger partial charge >= 0.3 is 6.18 Å². The molecule has 0 spiro atoms. The van der Waals surface area contributed by atoms with Crippen molar-refractivity contribution in [2.45, 2.75) is 32.0 Å². The van der Waals surface area contributed by atoms with Gasteiger partial charge < -0.3 is 9.55 Å². The minimum atomic E-state index is -4.21. The highest BCUT2D eigenvalue weighted by Crippen LogP contribution is 2.24. The number of imidazole rings is 1. The molecule has 0 bridgehead atoms. The summed E-state index contributed by atoms with van der Waals surface area (Å²) in [5.74, 6) is -2.07. The Morgan fingerprint density at radius 1 is 1.15 bits per heavy atom. The summed E-state index contributed by atoms with van der Waals surface area (Å²) in [6.45, 7) is 0.106. The Hall–Kier alpha value is -1.44. The van der Waals surface area contributed by atoms with E-state index in [2.05, 4.69) is 4.98 Å². The minimum absolute atomic E-state index is 0.0398. The van der Waals surface area contributed by atoms with E-state index in [0.717, 1.165) is 6.07 Å². The number of hydrogen-bond acceptors (Lipinski definition) is 1. The van der Waals surface area contributed by atoms with Gasteiger partial charge in [-0.1, -0.05) is 0 Å². The highest BCUT2D eigenvalue weighted by molar-refractivity contribution is 7.71. The first-order valence-corrected chi connectivity index (χ1v) is 6.33. The monoisotopic (exact) mass is 310 g/mol. The van der Waals surface area contributed by atoms with Crippen molar-refractivity contribution in [2.24, 2.45) is 0 Å². The van der Waals surface area contributed by atoms with Gasteiger partial charge in [0.2, 0.25) is 0 Å². The van der Waals surface area contributed by atoms with Crippen LogP contribution in [-0.2, 0) is 6.54 Å². The number of nitrogens with one attached hydrogen (secondary N) is 1. The Bertz CT molecular complexity index is 671. The second kappa shape index (κ2) is 5.51. The van der Waals surface area contributed by atoms with E-state index in [1.165, 1.54) is 10.6 Å². The van der Waals surface area contributed by atoms with Crippen molar-refractivity contribution in [1.29, 1.82) is 0 Å². The fourth-order valence-electron chi connectivity index (χ4n) is 2.00. The molecular formula is C12H11F5N2S. The summed E-state index contributed by atoms with van der Waals surface area (Å²) >= 11 is 4.97. The summed E-state index contributed by atoms with van der Waals surface area (Å²) in [4.78, 5) is 2.70. The molecule has 110 valence electrons. The standard InChI is InChI=1S/C12H11F5N2S/c13-7-3-4-8-10(9(7)14)19(11(20)18-8)6-2-1-5-12(15,16)17/h3-4H,1-2,5-6H2,(H,18,20). The van der Waals surface area contributed by atoms with Gasteiger partial charge in [0.25, 0.3) is 0 Å². The number of nitrogens with zero attached hydrogens (tertiary/aromatic N) is 1. The zero-order chi connectivity index (χ0) is 14.9. The summed E-state index contributed by atoms with van der Waals surface area (Å²) in [6, 6.07) is 2.31. The lowest BCUT2D eigenvalue weighted by molar-refractivity contribution is -0.135. The molecule has 0 saturated carbocycles. The van der Waals surface area contributed by atoms with Crippen molar-refractivity contribution in [3.8, 4) is 0 Å². The number of unbranched alkanes of at least 4 members (excludes halogenated alkanes) is 1. The molecule has 2 nitrogen and oxygen atoms in total. The number of H-pyrrole nitrogens is 1. The zero-order valence-electron chi connectivity index (χ0n) is 10.2. The normalized spacial score (nSPS) is 12.2. The number of aromatic nitrogens is 2. The summed E-state index contributed by atoms with van der Waals surface area (Å²) in [5, 5.41) is 0. The van der Waals surface area contributed by atoms with Gasteiger partial charge in [-0.25, -0.2) is 8.78 Å². The topological polar surface area (TPSA) is 20.7 Å². The lowest BCUT2D eigenvalue weighted by Crippen LogP contribution is -2.08. The highest BCUT2D eigenvalue weighted by Gasteiger charge is 2.26. The van der Waals surface area contributed by atoms with Crippen LogP contribution in [0.3, 0.4) is 0 Å². The molecule has 0 unspecified atom stereocenters. The summed E-state index contributed by atoms with van der Waals surface area (Å²) in [5.41, 5.74) is 0.284. The van der Waals surface area contributed by atoms with E-state index in [1.807, 2.05) is 0 Å². The van der Waals surface area contributed by atoms with Crippen LogP contribution in [0, 0.1) is 16.4 Å². The largest absolute Gasteiger partial charge is 0.389 e. The number of benzene rings is 1. The van der Waals surface area contributed by atoms with E-state index in [9.17, 15) is 22.0 Å². The molecule has 0 saturated heterocycles. The maximum atomic E-state index is 13.7. The molecule has 0 aliphatic heterocycles. The molecule has 8 heteroatoms. The van der Waals surface area contributed by atoms with Gasteiger partial charge in [0, 0.05) is 13.0 Å². The third-order valence-electron chi connectivity index (χ3n) is 2.92. The zero-order valence-corrected chi connectivity index (χ0v) is 11.0. The first-order chi connectivity index (χ1) is 9.29. The third-order valence-corrected chi connectivity index (χ3v) is 3.24. The molecule has 1 aromatic carbocycles. The summed E-state index contributed by atoms with van der Waals surface area (Å²) < 4.78 is 64.5. The second-order valence-electron chi connectivity index (χ2n) is 4.41. The highest BCUT2D eigenvalue weighted by atomic mass is 32.1. The number of aryl methyl sites for hydroxylation is 1. The Labute approximate surface area is 116 Å². The molecule has 1 N–H and O–H groups in total. The number of alkyl halides is 3. The smallest absolute Gasteiger partial charge is 0.330 e. The summed E-state index contributed by atoms with van der Waals surface area (Å²) in [6.07, 6.45) is -5.02. The molecule has 20 heavy (non-hydrogen) atoms. The fraction of sp³-hybridized carbons (Fsp3) is 0.417. The predicted octanol–water partition coefficient (Wildman–Crippen LogP) is 4.71. The van der Waals surface area contributed by atoms with E-state index in [1.54, 1.807) is 0 Å². The van der Waals surface area contributed by atoms with Crippen molar-refractivity contribution in [2.75, 3.05) is 0 Å². The van der Waals surface area contributed by atoms with Crippen molar-refractivity contribution in [3.63, 3.8) is 0 Å². The van der Waals surface area contributed by atoms with E-state index in [4.69, 9.17) is 12.2 Å². The molecule has 0 amide bonds. The van der Waals surface area contributed by atoms with Crippen LogP contribution in [0.5, 0.6) is 0 Å². The molecule has 0 atom stereocenters. The number of hydrogen-bond donors (Lipinski definition) is 1. The number of halogens is 5. The third kappa shape index (κ3) is 3.17. The Morgan fingerprint density at radius 3 is 2.50 bits per heavy atom. The average molecular weight is 310 g/mol. The maximum Gasteiger partial charge on any atom is 0.389 e. The van der Waals surface area contributed by atoms with Crippen LogP contribution in [-0.4, -0.2) is 15.7 Å². The van der Waals surface area contributed by atoms with Crippen LogP contribution in [0.2, 0.25) is 0 Å². The molecular weight excluding hydrogens is 299 g/mol. The Morgan fingerprint density at radius 2 is 1.85 bits per heavy atom. The molecule has 0 aliphatic carbocycles. The average Bonchev–Trinajstić information content (AvgIpc) is 2.66. The van der Waals surface area contributed by atoms with Crippen molar-refractivity contribution in [3.05, 3.63) is 28.5 Å². The Balaban J connectivity index is 2.20. The lowest BCUT2D eigenvalue weighted by atomic mass is 10.2. The van der Waals surface area contributed by atoms with E-state index in [-0.39, 0.29) is 29.7 Å². The minimum Gasteiger partial charge on any atom is -0.330 e. The quantitative estimate of drug-likeness (QED) is 0.493. The van der Waals surface area contributed by atoms with Gasteiger partial charge in [-0.05, 0) is 37.2 Å². The predicted molar refractivity (Wildman–Crippen MR) is 66.9 cm³/mol. The van der Waals surface area contributed by atoms with Crippen molar-refractivity contribution < 1.29 is 22.0 Å². The fourth-order valence-corrected chi connectivity index (χ4v) is 2.29. The van der Waals surface area contributed by atoms with Crippen LogP contribution >= 0.6 is 12.2 Å². The molecule has 1 aromatic heterocycles. The van der Waals surface area contributed by atoms with Gasteiger partial charge in [0.05, 0.1) is 5.52 Å². The van der Waals surface area contributed by atoms with Crippen molar-refractivity contribution in [1.82, 2.24) is 9.55 Å². The molecule has 0 radical (unpaired) electrons. The first kappa shape index (κ1) is 15.0. The number of rotatable bonds is 4. The molecule has 2 rings (SSSR count). The van der Waals surface area contributed by atoms with Gasteiger partial charge in [-0.3, -0.25) is 0 Å². The van der Waals surface area contributed by atoms with Crippen LogP contribution in [0.4, 0.5) is 22.0 Å². The Kier molecular flexibility index (Phi) is 4.12. The van der Waals surface area contributed by atoms with E-state index in [0.29, 0.717) is 5.52 Å². The second-order valence-corrected chi connectivity index (χ2v) is 4.80. The SMILES string of the molecule is Fc1ccc2[nH]c(=S)n(CCCCC(F)(F)F)c2c1F. The molecule has 2 aromatic rings. The number of fused-ring (bicyclic) bond motifs is 1. The van der Waals surface area contributed by atoms with Crippen LogP contribution in [0.15, 0.2) is 12.1 Å². The van der Waals surface area contributed by atoms with Gasteiger partial charge in [0.15, 0.2) is 16.4 Å². The number of aromatic amines is 1. The molecule has 0 aliphatic rings.